The van der Waals surface area contributed by atoms with Crippen LogP contribution in [0.15, 0.2) is 23.1 Å². The summed E-state index contributed by atoms with van der Waals surface area (Å²) in [6, 6.07) is 3.30. The van der Waals surface area contributed by atoms with Crippen molar-refractivity contribution in [3.05, 3.63) is 24.0 Å². The average molecular weight is 373 g/mol. The average Bonchev–Trinajstić information content (AvgIpc) is 2.59. The summed E-state index contributed by atoms with van der Waals surface area (Å²) in [6.45, 7) is 4.10. The van der Waals surface area contributed by atoms with Gasteiger partial charge in [-0.05, 0) is 25.2 Å². The molecule has 0 aliphatic carbocycles. The fourth-order valence-electron chi connectivity index (χ4n) is 2.66. The molecule has 0 bridgehead atoms. The number of carbonyl (C=O) groups excluding carboxylic acids is 1. The number of rotatable bonds is 6. The van der Waals surface area contributed by atoms with Gasteiger partial charge in [0.25, 0.3) is 0 Å². The zero-order valence-corrected chi connectivity index (χ0v) is 15.6. The molecule has 140 valence electrons. The number of methoxy groups -OCH3 is 1. The molecule has 0 radical (unpaired) electrons. The maximum absolute atomic E-state index is 13.6. The minimum Gasteiger partial charge on any atom is -0.495 e. The number of hydrogen-bond acceptors (Lipinski definition) is 5. The van der Waals surface area contributed by atoms with Crippen LogP contribution in [0.4, 0.5) is 4.39 Å². The number of ether oxygens (including phenoxy) is 1. The van der Waals surface area contributed by atoms with E-state index >= 15 is 0 Å². The Hall–Kier alpha value is -1.71. The topological polar surface area (TPSA) is 70.2 Å². The van der Waals surface area contributed by atoms with Crippen LogP contribution >= 0.6 is 0 Å². The first kappa shape index (κ1) is 19.6. The SMILES string of the molecule is CCN(CC(=O)N1CCN(C)CC1)S(=O)(=O)c1cc(F)ccc1OC. The van der Waals surface area contributed by atoms with E-state index in [2.05, 4.69) is 4.90 Å². The van der Waals surface area contributed by atoms with Gasteiger partial charge < -0.3 is 14.5 Å². The highest BCUT2D eigenvalue weighted by Gasteiger charge is 2.30. The lowest BCUT2D eigenvalue weighted by atomic mass is 10.3. The summed E-state index contributed by atoms with van der Waals surface area (Å²) in [6.07, 6.45) is 0. The fraction of sp³-hybridized carbons (Fsp3) is 0.562. The molecule has 1 aliphatic heterocycles. The summed E-state index contributed by atoms with van der Waals surface area (Å²) in [4.78, 5) is 16.0. The van der Waals surface area contributed by atoms with E-state index in [9.17, 15) is 17.6 Å². The Morgan fingerprint density at radius 1 is 1.28 bits per heavy atom. The van der Waals surface area contributed by atoms with Gasteiger partial charge in [-0.2, -0.15) is 4.31 Å². The monoisotopic (exact) mass is 373 g/mol. The minimum absolute atomic E-state index is 0.0481. The van der Waals surface area contributed by atoms with Crippen LogP contribution in [0.3, 0.4) is 0 Å². The zero-order valence-electron chi connectivity index (χ0n) is 14.7. The van der Waals surface area contributed by atoms with Crippen LogP contribution in [0, 0.1) is 5.82 Å². The number of amides is 1. The highest BCUT2D eigenvalue weighted by atomic mass is 32.2. The highest BCUT2D eigenvalue weighted by molar-refractivity contribution is 7.89. The molecule has 1 fully saturated rings. The van der Waals surface area contributed by atoms with E-state index in [4.69, 9.17) is 4.74 Å². The Bertz CT molecular complexity index is 718. The van der Waals surface area contributed by atoms with Gasteiger partial charge in [0.1, 0.15) is 16.5 Å². The van der Waals surface area contributed by atoms with E-state index in [1.165, 1.54) is 13.2 Å². The van der Waals surface area contributed by atoms with Crippen LogP contribution in [-0.4, -0.2) is 81.9 Å². The standard InChI is InChI=1S/C16H24FN3O4S/c1-4-20(12-16(21)19-9-7-18(2)8-10-19)25(22,23)15-11-13(17)5-6-14(15)24-3/h5-6,11H,4,7-10,12H2,1-3H3. The molecule has 1 aromatic carbocycles. The van der Waals surface area contributed by atoms with Gasteiger partial charge in [0.2, 0.25) is 15.9 Å². The molecule has 1 heterocycles. The number of likely N-dealkylation sites (N-methyl/N-ethyl adjacent to an activating group) is 2. The molecule has 1 saturated heterocycles. The van der Waals surface area contributed by atoms with Gasteiger partial charge in [0.05, 0.1) is 13.7 Å². The van der Waals surface area contributed by atoms with Gasteiger partial charge >= 0.3 is 0 Å². The number of sulfonamides is 1. The van der Waals surface area contributed by atoms with E-state index in [1.807, 2.05) is 7.05 Å². The highest BCUT2D eigenvalue weighted by Crippen LogP contribution is 2.27. The summed E-state index contributed by atoms with van der Waals surface area (Å²) in [5.41, 5.74) is 0. The van der Waals surface area contributed by atoms with Crippen molar-refractivity contribution in [1.29, 1.82) is 0 Å². The molecule has 2 rings (SSSR count). The maximum Gasteiger partial charge on any atom is 0.247 e. The third-order valence-electron chi connectivity index (χ3n) is 4.26. The van der Waals surface area contributed by atoms with E-state index in [0.717, 1.165) is 29.5 Å². The molecule has 1 aliphatic rings. The molecule has 0 atom stereocenters. The Kier molecular flexibility index (Phi) is 6.36. The molecule has 0 aromatic heterocycles. The third kappa shape index (κ3) is 4.47. The number of carbonyl (C=O) groups is 1. The van der Waals surface area contributed by atoms with Gasteiger partial charge in [-0.3, -0.25) is 4.79 Å². The number of halogens is 1. The molecule has 0 saturated carbocycles. The second-order valence-corrected chi connectivity index (χ2v) is 7.82. The third-order valence-corrected chi connectivity index (χ3v) is 6.21. The number of piperazine rings is 1. The van der Waals surface area contributed by atoms with Crippen molar-refractivity contribution >= 4 is 15.9 Å². The van der Waals surface area contributed by atoms with Gasteiger partial charge in [0, 0.05) is 32.7 Å². The van der Waals surface area contributed by atoms with Crippen molar-refractivity contribution in [2.75, 3.05) is 53.4 Å². The Morgan fingerprint density at radius 3 is 2.48 bits per heavy atom. The Balaban J connectivity index is 2.21. The normalized spacial score (nSPS) is 16.3. The van der Waals surface area contributed by atoms with Crippen LogP contribution in [-0.2, 0) is 14.8 Å². The first-order valence-corrected chi connectivity index (χ1v) is 9.53. The van der Waals surface area contributed by atoms with E-state index in [0.29, 0.717) is 13.1 Å². The summed E-state index contributed by atoms with van der Waals surface area (Å²) in [5, 5.41) is 0. The second-order valence-electron chi connectivity index (χ2n) is 5.91. The number of hydrogen-bond donors (Lipinski definition) is 0. The van der Waals surface area contributed by atoms with Crippen LogP contribution in [0.25, 0.3) is 0 Å². The Labute approximate surface area is 148 Å². The molecule has 9 heteroatoms. The van der Waals surface area contributed by atoms with Gasteiger partial charge in [-0.25, -0.2) is 12.8 Å². The summed E-state index contributed by atoms with van der Waals surface area (Å²) in [5.74, 6) is -0.887. The first-order chi connectivity index (χ1) is 11.8. The predicted molar refractivity (Wildman–Crippen MR) is 91.5 cm³/mol. The largest absolute Gasteiger partial charge is 0.495 e. The van der Waals surface area contributed by atoms with E-state index in [-0.39, 0.29) is 29.6 Å². The van der Waals surface area contributed by atoms with Gasteiger partial charge in [0.15, 0.2) is 0 Å². The van der Waals surface area contributed by atoms with Crippen molar-refractivity contribution in [3.8, 4) is 5.75 Å². The molecule has 1 aromatic rings. The van der Waals surface area contributed by atoms with Crippen LogP contribution < -0.4 is 4.74 Å². The molecule has 0 unspecified atom stereocenters. The van der Waals surface area contributed by atoms with Crippen LogP contribution in [0.1, 0.15) is 6.92 Å². The summed E-state index contributed by atoms with van der Waals surface area (Å²) >= 11 is 0. The van der Waals surface area contributed by atoms with Crippen LogP contribution in [0.2, 0.25) is 0 Å². The van der Waals surface area contributed by atoms with Crippen molar-refractivity contribution in [2.45, 2.75) is 11.8 Å². The molecular formula is C16H24FN3O4S. The fourth-order valence-corrected chi connectivity index (χ4v) is 4.23. The van der Waals surface area contributed by atoms with Crippen molar-refractivity contribution in [2.24, 2.45) is 0 Å². The molecule has 7 nitrogen and oxygen atoms in total. The second kappa shape index (κ2) is 8.11. The lowest BCUT2D eigenvalue weighted by Crippen LogP contribution is -2.50. The molecule has 0 spiro atoms. The first-order valence-electron chi connectivity index (χ1n) is 8.09. The summed E-state index contributed by atoms with van der Waals surface area (Å²) < 4.78 is 45.4. The van der Waals surface area contributed by atoms with Gasteiger partial charge in [-0.15, -0.1) is 0 Å². The van der Waals surface area contributed by atoms with Crippen molar-refractivity contribution < 1.29 is 22.3 Å². The molecule has 25 heavy (non-hydrogen) atoms. The van der Waals surface area contributed by atoms with Gasteiger partial charge in [-0.1, -0.05) is 6.92 Å². The molecule has 1 amide bonds. The minimum atomic E-state index is -4.05. The maximum atomic E-state index is 13.6. The number of benzene rings is 1. The van der Waals surface area contributed by atoms with Crippen molar-refractivity contribution in [3.63, 3.8) is 0 Å². The molecular weight excluding hydrogens is 349 g/mol. The van der Waals surface area contributed by atoms with E-state index in [1.54, 1.807) is 11.8 Å². The van der Waals surface area contributed by atoms with E-state index < -0.39 is 15.8 Å². The lowest BCUT2D eigenvalue weighted by Gasteiger charge is -2.33. The predicted octanol–water partition coefficient (Wildman–Crippen LogP) is 0.619. The Morgan fingerprint density at radius 2 is 1.92 bits per heavy atom. The van der Waals surface area contributed by atoms with Crippen LogP contribution in [0.5, 0.6) is 5.75 Å². The smallest absolute Gasteiger partial charge is 0.247 e. The summed E-state index contributed by atoms with van der Waals surface area (Å²) in [7, 11) is -0.760. The quantitative estimate of drug-likeness (QED) is 0.731. The lowest BCUT2D eigenvalue weighted by molar-refractivity contribution is -0.132. The number of nitrogens with zero attached hydrogens (tertiary/aromatic N) is 3. The van der Waals surface area contributed by atoms with Crippen molar-refractivity contribution in [1.82, 2.24) is 14.1 Å². The molecule has 0 N–H and O–H groups in total. The zero-order chi connectivity index (χ0) is 18.6.